The Hall–Kier alpha value is -1.42. The van der Waals surface area contributed by atoms with Crippen molar-refractivity contribution in [2.75, 3.05) is 14.1 Å². The Bertz CT molecular complexity index is 664. The lowest BCUT2D eigenvalue weighted by molar-refractivity contribution is -0.0471. The van der Waals surface area contributed by atoms with E-state index in [1.807, 2.05) is 12.1 Å². The van der Waals surface area contributed by atoms with Gasteiger partial charge < -0.3 is 9.64 Å². The molecule has 0 bridgehead atoms. The summed E-state index contributed by atoms with van der Waals surface area (Å²) in [6.07, 6.45) is 4.80. The zero-order valence-corrected chi connectivity index (χ0v) is 16.4. The number of ether oxygens (including phenoxy) is 1. The molecule has 1 saturated carbocycles. The van der Waals surface area contributed by atoms with Gasteiger partial charge in [-0.2, -0.15) is 0 Å². The lowest BCUT2D eigenvalue weighted by Crippen LogP contribution is -2.38. The van der Waals surface area contributed by atoms with Crippen LogP contribution in [0.15, 0.2) is 54.6 Å². The van der Waals surface area contributed by atoms with Gasteiger partial charge in [0.25, 0.3) is 0 Å². The summed E-state index contributed by atoms with van der Waals surface area (Å²) in [5.41, 5.74) is 1.98. The van der Waals surface area contributed by atoms with Crippen LogP contribution in [0.1, 0.15) is 42.9 Å². The lowest BCUT2D eigenvalue weighted by Gasteiger charge is -2.40. The lowest BCUT2D eigenvalue weighted by atomic mass is 9.78. The molecule has 0 spiro atoms. The third-order valence-electron chi connectivity index (χ3n) is 5.27. The van der Waals surface area contributed by atoms with Crippen molar-refractivity contribution in [2.45, 2.75) is 44.4 Å². The van der Waals surface area contributed by atoms with Gasteiger partial charge in [0, 0.05) is 17.5 Å². The second-order valence-electron chi connectivity index (χ2n) is 7.21. The Morgan fingerprint density at radius 3 is 2.35 bits per heavy atom. The molecule has 4 heteroatoms. The first kappa shape index (κ1) is 20.9. The van der Waals surface area contributed by atoms with Gasteiger partial charge in [-0.1, -0.05) is 61.4 Å². The zero-order chi connectivity index (χ0) is 17.6. The molecule has 2 aromatic carbocycles. The third-order valence-corrected chi connectivity index (χ3v) is 5.27. The number of hydrogen-bond donors (Lipinski definition) is 0. The molecule has 2 aromatic rings. The first-order valence-electron chi connectivity index (χ1n) is 9.23. The molecule has 0 saturated heterocycles. The second kappa shape index (κ2) is 10.1. The molecular formula is C22H29ClFNO. The maximum absolute atomic E-state index is 13.9. The molecule has 0 aromatic heterocycles. The summed E-state index contributed by atoms with van der Waals surface area (Å²) in [5, 5.41) is 0. The Balaban J connectivity index is 0.00000243. The van der Waals surface area contributed by atoms with E-state index in [9.17, 15) is 4.39 Å². The van der Waals surface area contributed by atoms with Gasteiger partial charge in [0.05, 0.1) is 12.7 Å². The SMILES string of the molecule is CN(C)C(c1ccccc1)C1CCCCC1OCc1ccccc1F.Cl. The van der Waals surface area contributed by atoms with Crippen LogP contribution in [0.5, 0.6) is 0 Å². The number of rotatable bonds is 6. The predicted molar refractivity (Wildman–Crippen MR) is 107 cm³/mol. The van der Waals surface area contributed by atoms with Crippen LogP contribution in [-0.4, -0.2) is 25.1 Å². The Morgan fingerprint density at radius 2 is 1.65 bits per heavy atom. The molecule has 0 radical (unpaired) electrons. The average molecular weight is 378 g/mol. The first-order valence-corrected chi connectivity index (χ1v) is 9.23. The smallest absolute Gasteiger partial charge is 0.128 e. The van der Waals surface area contributed by atoms with E-state index in [2.05, 4.69) is 49.3 Å². The van der Waals surface area contributed by atoms with Crippen molar-refractivity contribution in [2.24, 2.45) is 5.92 Å². The van der Waals surface area contributed by atoms with Gasteiger partial charge in [-0.15, -0.1) is 12.4 Å². The maximum Gasteiger partial charge on any atom is 0.128 e. The van der Waals surface area contributed by atoms with Crippen molar-refractivity contribution in [3.05, 3.63) is 71.5 Å². The monoisotopic (exact) mass is 377 g/mol. The summed E-state index contributed by atoms with van der Waals surface area (Å²) >= 11 is 0. The van der Waals surface area contributed by atoms with E-state index in [4.69, 9.17) is 4.74 Å². The molecule has 3 rings (SSSR count). The van der Waals surface area contributed by atoms with Gasteiger partial charge in [-0.3, -0.25) is 0 Å². The minimum Gasteiger partial charge on any atom is -0.373 e. The molecule has 0 heterocycles. The molecule has 3 unspecified atom stereocenters. The van der Waals surface area contributed by atoms with Crippen LogP contribution in [0.25, 0.3) is 0 Å². The summed E-state index contributed by atoms with van der Waals surface area (Å²) in [7, 11) is 4.28. The van der Waals surface area contributed by atoms with Gasteiger partial charge in [0.1, 0.15) is 5.82 Å². The van der Waals surface area contributed by atoms with Crippen molar-refractivity contribution >= 4 is 12.4 Å². The highest BCUT2D eigenvalue weighted by molar-refractivity contribution is 5.85. The van der Waals surface area contributed by atoms with Gasteiger partial charge in [0.2, 0.25) is 0 Å². The molecule has 0 aliphatic heterocycles. The molecule has 2 nitrogen and oxygen atoms in total. The van der Waals surface area contributed by atoms with Crippen LogP contribution >= 0.6 is 12.4 Å². The van der Waals surface area contributed by atoms with Gasteiger partial charge in [-0.25, -0.2) is 4.39 Å². The fraction of sp³-hybridized carbons (Fsp3) is 0.455. The van der Waals surface area contributed by atoms with Crippen molar-refractivity contribution in [3.63, 3.8) is 0 Å². The van der Waals surface area contributed by atoms with E-state index in [0.717, 1.165) is 12.8 Å². The Labute approximate surface area is 162 Å². The van der Waals surface area contributed by atoms with Crippen LogP contribution in [0.2, 0.25) is 0 Å². The van der Waals surface area contributed by atoms with E-state index in [0.29, 0.717) is 24.1 Å². The van der Waals surface area contributed by atoms with Crippen molar-refractivity contribution in [3.8, 4) is 0 Å². The largest absolute Gasteiger partial charge is 0.373 e. The standard InChI is InChI=1S/C22H28FNO.ClH/c1-24(2)22(17-10-4-3-5-11-17)19-13-7-9-15-21(19)25-16-18-12-6-8-14-20(18)23;/h3-6,8,10-12,14,19,21-22H,7,9,13,15-16H2,1-2H3;1H. The Kier molecular flexibility index (Phi) is 8.08. The maximum atomic E-state index is 13.9. The van der Waals surface area contributed by atoms with E-state index in [1.54, 1.807) is 6.07 Å². The number of halogens is 2. The third kappa shape index (κ3) is 5.06. The average Bonchev–Trinajstić information content (AvgIpc) is 2.63. The summed E-state index contributed by atoms with van der Waals surface area (Å²) in [4.78, 5) is 2.30. The molecule has 3 atom stereocenters. The summed E-state index contributed by atoms with van der Waals surface area (Å²) in [6.45, 7) is 0.350. The topological polar surface area (TPSA) is 12.5 Å². The van der Waals surface area contributed by atoms with E-state index in [-0.39, 0.29) is 24.3 Å². The number of nitrogens with zero attached hydrogens (tertiary/aromatic N) is 1. The highest BCUT2D eigenvalue weighted by Crippen LogP contribution is 2.39. The van der Waals surface area contributed by atoms with Crippen LogP contribution in [0, 0.1) is 11.7 Å². The number of hydrogen-bond acceptors (Lipinski definition) is 2. The van der Waals surface area contributed by atoms with Crippen molar-refractivity contribution in [1.82, 2.24) is 4.90 Å². The van der Waals surface area contributed by atoms with Crippen LogP contribution in [-0.2, 0) is 11.3 Å². The first-order chi connectivity index (χ1) is 12.2. The fourth-order valence-electron chi connectivity index (χ4n) is 4.08. The van der Waals surface area contributed by atoms with Crippen LogP contribution in [0.3, 0.4) is 0 Å². The predicted octanol–water partition coefficient (Wildman–Crippen LogP) is 5.63. The van der Waals surface area contributed by atoms with Crippen LogP contribution < -0.4 is 0 Å². The van der Waals surface area contributed by atoms with Crippen LogP contribution in [0.4, 0.5) is 4.39 Å². The van der Waals surface area contributed by atoms with Gasteiger partial charge >= 0.3 is 0 Å². The summed E-state index contributed by atoms with van der Waals surface area (Å²) in [5.74, 6) is 0.250. The molecule has 0 N–H and O–H groups in total. The van der Waals surface area contributed by atoms with Gasteiger partial charge in [-0.05, 0) is 38.6 Å². The highest BCUT2D eigenvalue weighted by Gasteiger charge is 2.34. The van der Waals surface area contributed by atoms with E-state index < -0.39 is 0 Å². The summed E-state index contributed by atoms with van der Waals surface area (Å²) < 4.78 is 20.2. The Morgan fingerprint density at radius 1 is 1.00 bits per heavy atom. The van der Waals surface area contributed by atoms with E-state index >= 15 is 0 Å². The minimum atomic E-state index is -0.179. The quantitative estimate of drug-likeness (QED) is 0.647. The summed E-state index contributed by atoms with van der Waals surface area (Å²) in [6, 6.07) is 17.9. The minimum absolute atomic E-state index is 0. The van der Waals surface area contributed by atoms with Crippen molar-refractivity contribution < 1.29 is 9.13 Å². The molecule has 26 heavy (non-hydrogen) atoms. The molecule has 1 fully saturated rings. The molecule has 1 aliphatic rings. The normalized spacial score (nSPS) is 21.2. The second-order valence-corrected chi connectivity index (χ2v) is 7.21. The fourth-order valence-corrected chi connectivity index (χ4v) is 4.08. The van der Waals surface area contributed by atoms with Gasteiger partial charge in [0.15, 0.2) is 0 Å². The molecule has 1 aliphatic carbocycles. The van der Waals surface area contributed by atoms with Crippen molar-refractivity contribution in [1.29, 1.82) is 0 Å². The van der Waals surface area contributed by atoms with E-state index in [1.165, 1.54) is 24.5 Å². The molecule has 0 amide bonds. The molecule has 142 valence electrons. The molecular weight excluding hydrogens is 349 g/mol. The number of benzene rings is 2. The highest BCUT2D eigenvalue weighted by atomic mass is 35.5. The zero-order valence-electron chi connectivity index (χ0n) is 15.6.